The molecule has 5 rings (SSSR count). The molecule has 1 aliphatic heterocycles. The van der Waals surface area contributed by atoms with Gasteiger partial charge in [0.15, 0.2) is 0 Å². The van der Waals surface area contributed by atoms with Gasteiger partial charge in [-0.25, -0.2) is 4.79 Å². The van der Waals surface area contributed by atoms with Crippen LogP contribution in [0.2, 0.25) is 0 Å². The maximum absolute atomic E-state index is 12.9. The van der Waals surface area contributed by atoms with Crippen LogP contribution in [0.1, 0.15) is 29.5 Å². The van der Waals surface area contributed by atoms with Crippen LogP contribution in [-0.4, -0.2) is 35.0 Å². The lowest BCUT2D eigenvalue weighted by molar-refractivity contribution is -0.145. The minimum Gasteiger partial charge on any atom is -0.481 e. The van der Waals surface area contributed by atoms with Gasteiger partial charge in [0.2, 0.25) is 5.91 Å². The van der Waals surface area contributed by atoms with Crippen LogP contribution in [0.4, 0.5) is 0 Å². The fourth-order valence-electron chi connectivity index (χ4n) is 4.88. The van der Waals surface area contributed by atoms with Crippen molar-refractivity contribution in [1.82, 2.24) is 4.90 Å². The maximum Gasteiger partial charge on any atom is 0.340 e. The minimum atomic E-state index is -0.825. The van der Waals surface area contributed by atoms with Crippen molar-refractivity contribution in [2.24, 2.45) is 5.92 Å². The van der Waals surface area contributed by atoms with Gasteiger partial charge in [0, 0.05) is 35.0 Å². The smallest absolute Gasteiger partial charge is 0.340 e. The third kappa shape index (κ3) is 3.67. The third-order valence-electron chi connectivity index (χ3n) is 6.95. The Labute approximate surface area is 195 Å². The molecule has 1 N–H and O–H groups in total. The van der Waals surface area contributed by atoms with Crippen LogP contribution in [0.5, 0.6) is 0 Å². The van der Waals surface area contributed by atoms with E-state index in [0.717, 1.165) is 27.5 Å². The molecule has 34 heavy (non-hydrogen) atoms. The Morgan fingerprint density at radius 2 is 1.74 bits per heavy atom. The molecule has 3 heterocycles. The lowest BCUT2D eigenvalue weighted by atomic mass is 9.95. The number of aryl methyl sites for hydroxylation is 2. The Morgan fingerprint density at radius 1 is 1.03 bits per heavy atom. The number of nitrogens with zero attached hydrogens (tertiary/aromatic N) is 1. The first-order chi connectivity index (χ1) is 16.3. The Bertz CT molecular complexity index is 1470. The molecule has 4 aromatic rings. The van der Waals surface area contributed by atoms with Crippen molar-refractivity contribution in [3.63, 3.8) is 0 Å². The van der Waals surface area contributed by atoms with Gasteiger partial charge in [0.1, 0.15) is 11.2 Å². The van der Waals surface area contributed by atoms with Crippen molar-refractivity contribution < 1.29 is 23.5 Å². The topological polar surface area (TPSA) is 101 Å². The normalized spacial score (nSPS) is 14.7. The van der Waals surface area contributed by atoms with E-state index in [1.165, 1.54) is 0 Å². The number of aliphatic carboxylic acids is 1. The van der Waals surface area contributed by atoms with Crippen molar-refractivity contribution in [2.45, 2.75) is 33.1 Å². The summed E-state index contributed by atoms with van der Waals surface area (Å²) in [5, 5.41) is 10.9. The average Bonchev–Trinajstić information content (AvgIpc) is 3.27. The van der Waals surface area contributed by atoms with Crippen molar-refractivity contribution in [3.8, 4) is 11.1 Å². The summed E-state index contributed by atoms with van der Waals surface area (Å²) < 4.78 is 11.6. The molecule has 2 aromatic heterocycles. The number of fused-ring (bicyclic) bond motifs is 2. The summed E-state index contributed by atoms with van der Waals surface area (Å²) in [6.45, 7) is 4.46. The maximum atomic E-state index is 12.9. The summed E-state index contributed by atoms with van der Waals surface area (Å²) in [5.41, 5.74) is 4.35. The Morgan fingerprint density at radius 3 is 2.41 bits per heavy atom. The molecule has 2 aromatic carbocycles. The SMILES string of the molecule is Cc1c(CC(=O)N2CCC(C(=O)O)CC2)c(=O)oc2c(C)c3occ(-c4ccccc4)c3cc12. The standard InChI is InChI=1S/C27H25NO6/c1-15-19-12-21-22(17-6-4-3-5-7-17)14-33-24(21)16(2)25(19)34-27(32)20(15)13-23(29)28-10-8-18(9-11-28)26(30)31/h3-7,12,14,18H,8-11,13H2,1-2H3,(H,30,31). The first-order valence-corrected chi connectivity index (χ1v) is 11.4. The number of piperidine rings is 1. The molecule has 0 atom stereocenters. The van der Waals surface area contributed by atoms with E-state index in [0.29, 0.717) is 48.2 Å². The Kier molecular flexibility index (Phi) is 5.48. The van der Waals surface area contributed by atoms with Gasteiger partial charge in [-0.3, -0.25) is 9.59 Å². The number of furan rings is 1. The van der Waals surface area contributed by atoms with Gasteiger partial charge >= 0.3 is 11.6 Å². The van der Waals surface area contributed by atoms with E-state index in [9.17, 15) is 19.5 Å². The number of hydrogen-bond donors (Lipinski definition) is 1. The highest BCUT2D eigenvalue weighted by Crippen LogP contribution is 2.37. The number of carboxylic acid groups (broad SMARTS) is 1. The van der Waals surface area contributed by atoms with E-state index >= 15 is 0 Å². The molecule has 0 unspecified atom stereocenters. The van der Waals surface area contributed by atoms with Gasteiger partial charge < -0.3 is 18.8 Å². The van der Waals surface area contributed by atoms with E-state index in [1.54, 1.807) is 11.2 Å². The van der Waals surface area contributed by atoms with E-state index < -0.39 is 17.5 Å². The zero-order valence-corrected chi connectivity index (χ0v) is 19.1. The monoisotopic (exact) mass is 459 g/mol. The van der Waals surface area contributed by atoms with Crippen LogP contribution < -0.4 is 5.63 Å². The molecule has 7 heteroatoms. The third-order valence-corrected chi connectivity index (χ3v) is 6.95. The molecule has 0 aliphatic carbocycles. The average molecular weight is 459 g/mol. The second-order valence-electron chi connectivity index (χ2n) is 8.93. The van der Waals surface area contributed by atoms with Crippen LogP contribution in [0.15, 0.2) is 56.3 Å². The lowest BCUT2D eigenvalue weighted by Crippen LogP contribution is -2.41. The predicted octanol–water partition coefficient (Wildman–Crippen LogP) is 4.69. The van der Waals surface area contributed by atoms with Gasteiger partial charge in [-0.2, -0.15) is 0 Å². The second-order valence-corrected chi connectivity index (χ2v) is 8.93. The molecule has 1 saturated heterocycles. The summed E-state index contributed by atoms with van der Waals surface area (Å²) in [7, 11) is 0. The highest BCUT2D eigenvalue weighted by Gasteiger charge is 2.28. The highest BCUT2D eigenvalue weighted by atomic mass is 16.4. The van der Waals surface area contributed by atoms with Crippen LogP contribution in [-0.2, 0) is 16.0 Å². The van der Waals surface area contributed by atoms with E-state index in [-0.39, 0.29) is 12.3 Å². The second kappa shape index (κ2) is 8.48. The first kappa shape index (κ1) is 21.9. The van der Waals surface area contributed by atoms with Crippen molar-refractivity contribution in [2.75, 3.05) is 13.1 Å². The Balaban J connectivity index is 1.54. The fourth-order valence-corrected chi connectivity index (χ4v) is 4.88. The van der Waals surface area contributed by atoms with Crippen molar-refractivity contribution in [3.05, 3.63) is 69.8 Å². The molecule has 1 aliphatic rings. The molecule has 0 radical (unpaired) electrons. The van der Waals surface area contributed by atoms with Gasteiger partial charge in [0.25, 0.3) is 0 Å². The number of benzene rings is 2. The van der Waals surface area contributed by atoms with Crippen LogP contribution >= 0.6 is 0 Å². The molecule has 174 valence electrons. The predicted molar refractivity (Wildman–Crippen MR) is 128 cm³/mol. The van der Waals surface area contributed by atoms with Gasteiger partial charge in [0.05, 0.1) is 24.2 Å². The van der Waals surface area contributed by atoms with Crippen molar-refractivity contribution in [1.29, 1.82) is 0 Å². The summed E-state index contributed by atoms with van der Waals surface area (Å²) in [5.74, 6) is -1.44. The highest BCUT2D eigenvalue weighted by molar-refractivity contribution is 6.05. The number of likely N-dealkylation sites (tertiary alicyclic amines) is 1. The van der Waals surface area contributed by atoms with E-state index in [1.807, 2.05) is 50.2 Å². The molecular weight excluding hydrogens is 434 g/mol. The summed E-state index contributed by atoms with van der Waals surface area (Å²) >= 11 is 0. The van der Waals surface area contributed by atoms with Gasteiger partial charge in [-0.15, -0.1) is 0 Å². The number of carbonyl (C=O) groups excluding carboxylic acids is 1. The number of amides is 1. The minimum absolute atomic E-state index is 0.0736. The zero-order chi connectivity index (χ0) is 24.0. The first-order valence-electron chi connectivity index (χ1n) is 11.4. The molecule has 0 spiro atoms. The zero-order valence-electron chi connectivity index (χ0n) is 19.1. The number of rotatable bonds is 4. The van der Waals surface area contributed by atoms with Gasteiger partial charge in [-0.05, 0) is 43.9 Å². The molecular formula is C27H25NO6. The largest absolute Gasteiger partial charge is 0.481 e. The van der Waals surface area contributed by atoms with E-state index in [4.69, 9.17) is 8.83 Å². The Hall–Kier alpha value is -3.87. The van der Waals surface area contributed by atoms with Crippen LogP contribution in [0.3, 0.4) is 0 Å². The van der Waals surface area contributed by atoms with Gasteiger partial charge in [-0.1, -0.05) is 30.3 Å². The molecule has 7 nitrogen and oxygen atoms in total. The van der Waals surface area contributed by atoms with E-state index in [2.05, 4.69) is 0 Å². The number of carbonyl (C=O) groups is 2. The number of carboxylic acids is 1. The van der Waals surface area contributed by atoms with Crippen LogP contribution in [0.25, 0.3) is 33.1 Å². The molecule has 0 saturated carbocycles. The van der Waals surface area contributed by atoms with Crippen LogP contribution in [0, 0.1) is 19.8 Å². The van der Waals surface area contributed by atoms with Crippen molar-refractivity contribution >= 4 is 33.8 Å². The molecule has 0 bridgehead atoms. The molecule has 1 amide bonds. The summed E-state index contributed by atoms with van der Waals surface area (Å²) in [6, 6.07) is 11.9. The number of hydrogen-bond acceptors (Lipinski definition) is 5. The lowest BCUT2D eigenvalue weighted by Gasteiger charge is -2.30. The molecule has 1 fully saturated rings. The quantitative estimate of drug-likeness (QED) is 0.445. The summed E-state index contributed by atoms with van der Waals surface area (Å²) in [4.78, 5) is 38.7. The summed E-state index contributed by atoms with van der Waals surface area (Å²) in [6.07, 6.45) is 2.49. The fraction of sp³-hybridized carbons (Fsp3) is 0.296.